The molecule has 6 heteroatoms. The highest BCUT2D eigenvalue weighted by Gasteiger charge is 2.16. The molecule has 0 aliphatic heterocycles. The molecule has 0 bridgehead atoms. The zero-order valence-corrected chi connectivity index (χ0v) is 12.9. The van der Waals surface area contributed by atoms with E-state index >= 15 is 0 Å². The third kappa shape index (κ3) is 3.78. The number of aryl methyl sites for hydroxylation is 1. The molecule has 1 heterocycles. The molecule has 3 aromatic rings. The summed E-state index contributed by atoms with van der Waals surface area (Å²) in [6, 6.07) is 16.3. The zero-order valence-electron chi connectivity index (χ0n) is 12.9. The van der Waals surface area contributed by atoms with E-state index in [1.807, 2.05) is 54.6 Å². The van der Waals surface area contributed by atoms with Gasteiger partial charge in [0.15, 0.2) is 6.04 Å². The number of carbonyl (C=O) groups is 1. The Kier molecular flexibility index (Phi) is 4.86. The fourth-order valence-corrected chi connectivity index (χ4v) is 2.39. The molecule has 0 amide bonds. The summed E-state index contributed by atoms with van der Waals surface area (Å²) in [7, 11) is 0. The molecule has 24 heavy (non-hydrogen) atoms. The van der Waals surface area contributed by atoms with Crippen LogP contribution >= 0.6 is 0 Å². The Morgan fingerprint density at radius 1 is 1.08 bits per heavy atom. The van der Waals surface area contributed by atoms with Crippen molar-refractivity contribution in [3.63, 3.8) is 0 Å². The summed E-state index contributed by atoms with van der Waals surface area (Å²) in [5.41, 5.74) is 1.07. The van der Waals surface area contributed by atoms with Crippen molar-refractivity contribution < 1.29 is 9.90 Å². The van der Waals surface area contributed by atoms with Crippen molar-refractivity contribution in [2.24, 2.45) is 10.2 Å². The molecule has 1 N–H and O–H groups in total. The van der Waals surface area contributed by atoms with E-state index in [9.17, 15) is 9.90 Å². The van der Waals surface area contributed by atoms with Crippen LogP contribution in [0.1, 0.15) is 12.0 Å². The minimum Gasteiger partial charge on any atom is -0.480 e. The molecule has 0 aliphatic carbocycles. The van der Waals surface area contributed by atoms with Gasteiger partial charge in [0.2, 0.25) is 5.82 Å². The number of carboxylic acid groups (broad SMARTS) is 1. The average Bonchev–Trinajstić information content (AvgIpc) is 2.62. The summed E-state index contributed by atoms with van der Waals surface area (Å²) < 4.78 is 0. The van der Waals surface area contributed by atoms with Crippen LogP contribution in [0, 0.1) is 0 Å². The molecule has 0 aliphatic rings. The maximum Gasteiger partial charge on any atom is 0.330 e. The molecule has 120 valence electrons. The Morgan fingerprint density at radius 2 is 1.83 bits per heavy atom. The van der Waals surface area contributed by atoms with Crippen molar-refractivity contribution in [2.75, 3.05) is 0 Å². The molecule has 6 nitrogen and oxygen atoms in total. The third-order valence-corrected chi connectivity index (χ3v) is 3.68. The average molecular weight is 320 g/mol. The van der Waals surface area contributed by atoms with Gasteiger partial charge in [-0.1, -0.05) is 54.6 Å². The van der Waals surface area contributed by atoms with Gasteiger partial charge in [-0.05, 0) is 18.4 Å². The first-order valence-corrected chi connectivity index (χ1v) is 7.62. The van der Waals surface area contributed by atoms with Gasteiger partial charge in [-0.3, -0.25) is 0 Å². The molecular weight excluding hydrogens is 304 g/mol. The Morgan fingerprint density at radius 3 is 2.62 bits per heavy atom. The largest absolute Gasteiger partial charge is 0.480 e. The van der Waals surface area contributed by atoms with Crippen LogP contribution < -0.4 is 0 Å². The lowest BCUT2D eigenvalue weighted by molar-refractivity contribution is -0.138. The van der Waals surface area contributed by atoms with Crippen molar-refractivity contribution in [2.45, 2.75) is 18.9 Å². The first-order chi connectivity index (χ1) is 11.7. The van der Waals surface area contributed by atoms with Gasteiger partial charge in [0.25, 0.3) is 0 Å². The Bertz CT molecular complexity index is 860. The molecule has 1 aromatic heterocycles. The Balaban J connectivity index is 1.77. The van der Waals surface area contributed by atoms with E-state index < -0.39 is 12.0 Å². The number of azo groups is 1. The summed E-state index contributed by atoms with van der Waals surface area (Å²) in [6.45, 7) is 0. The molecule has 0 fully saturated rings. The topological polar surface area (TPSA) is 87.8 Å². The second kappa shape index (κ2) is 7.41. The third-order valence-electron chi connectivity index (χ3n) is 3.68. The maximum atomic E-state index is 11.4. The van der Waals surface area contributed by atoms with E-state index in [1.165, 1.54) is 0 Å². The fraction of sp³-hybridized carbons (Fsp3) is 0.167. The van der Waals surface area contributed by atoms with Gasteiger partial charge < -0.3 is 5.11 Å². The number of benzene rings is 2. The molecule has 0 radical (unpaired) electrons. The summed E-state index contributed by atoms with van der Waals surface area (Å²) in [5, 5.41) is 26.9. The standard InChI is InChI=1S/C18H16N4O2/c23-18(24)16(11-10-13-6-2-1-3-7-13)20-22-17-15-9-5-4-8-14(15)12-19-21-17/h1-9,12,16H,10-11H2,(H,23,24). The minimum absolute atomic E-state index is 0.332. The summed E-state index contributed by atoms with van der Waals surface area (Å²) >= 11 is 0. The van der Waals surface area contributed by atoms with Gasteiger partial charge in [0.05, 0.1) is 6.20 Å². The lowest BCUT2D eigenvalue weighted by Gasteiger charge is -2.06. The van der Waals surface area contributed by atoms with Gasteiger partial charge in [-0.15, -0.1) is 10.2 Å². The lowest BCUT2D eigenvalue weighted by atomic mass is 10.1. The second-order valence-corrected chi connectivity index (χ2v) is 5.35. The molecule has 3 rings (SSSR count). The van der Waals surface area contributed by atoms with Gasteiger partial charge in [0, 0.05) is 10.8 Å². The number of rotatable bonds is 6. The van der Waals surface area contributed by atoms with Crippen molar-refractivity contribution in [3.05, 3.63) is 66.4 Å². The summed E-state index contributed by atoms with van der Waals surface area (Å²) in [6.07, 6.45) is 2.64. The SMILES string of the molecule is O=C(O)C(CCc1ccccc1)N=Nc1nncc2ccccc12. The summed E-state index contributed by atoms with van der Waals surface area (Å²) in [5.74, 6) is -0.665. The fourth-order valence-electron chi connectivity index (χ4n) is 2.39. The van der Waals surface area contributed by atoms with Crippen LogP contribution in [0.2, 0.25) is 0 Å². The Hall–Kier alpha value is -3.15. The monoisotopic (exact) mass is 320 g/mol. The first kappa shape index (κ1) is 15.7. The molecular formula is C18H16N4O2. The predicted molar refractivity (Wildman–Crippen MR) is 90.2 cm³/mol. The second-order valence-electron chi connectivity index (χ2n) is 5.35. The number of hydrogen-bond donors (Lipinski definition) is 1. The van der Waals surface area contributed by atoms with Crippen LogP contribution in [0.3, 0.4) is 0 Å². The summed E-state index contributed by atoms with van der Waals surface area (Å²) in [4.78, 5) is 11.4. The number of aliphatic carboxylic acids is 1. The van der Waals surface area contributed by atoms with E-state index in [0.29, 0.717) is 18.7 Å². The van der Waals surface area contributed by atoms with Crippen molar-refractivity contribution in [3.8, 4) is 0 Å². The normalized spacial score (nSPS) is 12.5. The van der Waals surface area contributed by atoms with E-state index in [0.717, 1.165) is 16.3 Å². The molecule has 0 saturated carbocycles. The highest BCUT2D eigenvalue weighted by Crippen LogP contribution is 2.22. The van der Waals surface area contributed by atoms with Crippen LogP contribution in [0.4, 0.5) is 5.82 Å². The zero-order chi connectivity index (χ0) is 16.8. The van der Waals surface area contributed by atoms with Crippen molar-refractivity contribution in [1.29, 1.82) is 0 Å². The van der Waals surface area contributed by atoms with E-state index in [-0.39, 0.29) is 0 Å². The van der Waals surface area contributed by atoms with Gasteiger partial charge >= 0.3 is 5.97 Å². The molecule has 1 atom stereocenters. The van der Waals surface area contributed by atoms with Crippen LogP contribution in [0.5, 0.6) is 0 Å². The van der Waals surface area contributed by atoms with Crippen LogP contribution in [0.15, 0.2) is 71.0 Å². The quantitative estimate of drug-likeness (QED) is 0.700. The number of fused-ring (bicyclic) bond motifs is 1. The lowest BCUT2D eigenvalue weighted by Crippen LogP contribution is -2.18. The number of hydrogen-bond acceptors (Lipinski definition) is 5. The number of nitrogens with zero attached hydrogens (tertiary/aromatic N) is 4. The molecule has 0 saturated heterocycles. The highest BCUT2D eigenvalue weighted by atomic mass is 16.4. The molecule has 2 aromatic carbocycles. The van der Waals surface area contributed by atoms with Gasteiger partial charge in [0.1, 0.15) is 0 Å². The highest BCUT2D eigenvalue weighted by molar-refractivity contribution is 5.89. The number of carboxylic acids is 1. The van der Waals surface area contributed by atoms with E-state index in [4.69, 9.17) is 0 Å². The van der Waals surface area contributed by atoms with Crippen LogP contribution in [-0.2, 0) is 11.2 Å². The predicted octanol–water partition coefficient (Wildman–Crippen LogP) is 3.80. The number of aromatic nitrogens is 2. The maximum absolute atomic E-state index is 11.4. The van der Waals surface area contributed by atoms with E-state index in [2.05, 4.69) is 20.4 Å². The van der Waals surface area contributed by atoms with Gasteiger partial charge in [-0.2, -0.15) is 10.2 Å². The first-order valence-electron chi connectivity index (χ1n) is 7.62. The van der Waals surface area contributed by atoms with Crippen molar-refractivity contribution in [1.82, 2.24) is 10.2 Å². The van der Waals surface area contributed by atoms with Gasteiger partial charge in [-0.25, -0.2) is 4.79 Å². The molecule has 1 unspecified atom stereocenters. The van der Waals surface area contributed by atoms with Crippen LogP contribution in [0.25, 0.3) is 10.8 Å². The van der Waals surface area contributed by atoms with E-state index in [1.54, 1.807) is 6.20 Å². The van der Waals surface area contributed by atoms with Crippen LogP contribution in [-0.4, -0.2) is 27.3 Å². The van der Waals surface area contributed by atoms with Crippen molar-refractivity contribution >= 4 is 22.6 Å². The Labute approximate surface area is 138 Å². The minimum atomic E-state index is -0.997. The smallest absolute Gasteiger partial charge is 0.330 e. The molecule has 0 spiro atoms.